The maximum atomic E-state index is 12.0. The van der Waals surface area contributed by atoms with E-state index in [1.165, 1.54) is 5.56 Å². The number of rotatable bonds is 4. The molecule has 0 saturated heterocycles. The van der Waals surface area contributed by atoms with Crippen molar-refractivity contribution in [1.82, 2.24) is 4.57 Å². The van der Waals surface area contributed by atoms with Crippen molar-refractivity contribution in [2.24, 2.45) is 10.9 Å². The van der Waals surface area contributed by atoms with E-state index in [0.29, 0.717) is 0 Å². The van der Waals surface area contributed by atoms with Gasteiger partial charge in [0.05, 0.1) is 11.8 Å². The summed E-state index contributed by atoms with van der Waals surface area (Å²) in [5, 5.41) is 0. The van der Waals surface area contributed by atoms with E-state index in [9.17, 15) is 4.79 Å². The standard InChI is InChI=1S/C16H20N2O2S/c1-4-9-18-13-12(20-3)8-5-10(2)14(13)21-16(18)17-15(19)11-6-7-11/h5,8,11H,4,6-7,9H2,1-3H3. The van der Waals surface area contributed by atoms with Crippen LogP contribution >= 0.6 is 11.3 Å². The molecule has 0 N–H and O–H groups in total. The number of hydrogen-bond donors (Lipinski definition) is 0. The quantitative estimate of drug-likeness (QED) is 0.870. The minimum atomic E-state index is 0.0306. The second-order valence-electron chi connectivity index (χ2n) is 5.52. The highest BCUT2D eigenvalue weighted by molar-refractivity contribution is 7.16. The van der Waals surface area contributed by atoms with Crippen LogP contribution in [0.3, 0.4) is 0 Å². The number of carbonyl (C=O) groups excluding carboxylic acids is 1. The van der Waals surface area contributed by atoms with E-state index >= 15 is 0 Å². The van der Waals surface area contributed by atoms with Gasteiger partial charge in [0.2, 0.25) is 0 Å². The molecule has 0 bridgehead atoms. The average molecular weight is 304 g/mol. The molecule has 112 valence electrons. The van der Waals surface area contributed by atoms with E-state index in [4.69, 9.17) is 4.74 Å². The molecule has 3 rings (SSSR count). The predicted octanol–water partition coefficient (Wildman–Crippen LogP) is 3.27. The van der Waals surface area contributed by atoms with Crippen LogP contribution < -0.4 is 9.54 Å². The zero-order valence-electron chi connectivity index (χ0n) is 12.7. The monoisotopic (exact) mass is 304 g/mol. The largest absolute Gasteiger partial charge is 0.495 e. The number of aromatic nitrogens is 1. The first kappa shape index (κ1) is 14.3. The highest BCUT2D eigenvalue weighted by Gasteiger charge is 2.29. The van der Waals surface area contributed by atoms with Crippen LogP contribution in [-0.2, 0) is 11.3 Å². The first-order chi connectivity index (χ1) is 10.2. The normalized spacial score (nSPS) is 15.7. The molecule has 0 aliphatic heterocycles. The zero-order valence-corrected chi connectivity index (χ0v) is 13.5. The molecule has 1 heterocycles. The summed E-state index contributed by atoms with van der Waals surface area (Å²) in [6.45, 7) is 5.06. The minimum Gasteiger partial charge on any atom is -0.495 e. The van der Waals surface area contributed by atoms with Gasteiger partial charge in [-0.25, -0.2) is 0 Å². The number of carbonyl (C=O) groups is 1. The number of ether oxygens (including phenoxy) is 1. The Labute approximate surface area is 128 Å². The maximum Gasteiger partial charge on any atom is 0.251 e. The molecule has 4 nitrogen and oxygen atoms in total. The zero-order chi connectivity index (χ0) is 15.0. The number of benzene rings is 1. The average Bonchev–Trinajstić information content (AvgIpc) is 3.26. The molecule has 1 aromatic heterocycles. The van der Waals surface area contributed by atoms with Crippen molar-refractivity contribution in [2.45, 2.75) is 39.7 Å². The van der Waals surface area contributed by atoms with Crippen molar-refractivity contribution in [3.8, 4) is 5.75 Å². The van der Waals surface area contributed by atoms with E-state index in [-0.39, 0.29) is 11.8 Å². The predicted molar refractivity (Wildman–Crippen MR) is 84.7 cm³/mol. The summed E-state index contributed by atoms with van der Waals surface area (Å²) in [6, 6.07) is 4.05. The summed E-state index contributed by atoms with van der Waals surface area (Å²) in [7, 11) is 1.68. The third-order valence-electron chi connectivity index (χ3n) is 3.79. The highest BCUT2D eigenvalue weighted by atomic mass is 32.1. The molecule has 0 radical (unpaired) electrons. The number of thiazole rings is 1. The summed E-state index contributed by atoms with van der Waals surface area (Å²) >= 11 is 1.59. The molecule has 1 aliphatic rings. The maximum absolute atomic E-state index is 12.0. The van der Waals surface area contributed by atoms with Gasteiger partial charge in [0.1, 0.15) is 11.3 Å². The van der Waals surface area contributed by atoms with Crippen LogP contribution in [0.5, 0.6) is 5.75 Å². The van der Waals surface area contributed by atoms with Crippen LogP contribution in [0.15, 0.2) is 17.1 Å². The van der Waals surface area contributed by atoms with Gasteiger partial charge in [0, 0.05) is 12.5 Å². The molecule has 21 heavy (non-hydrogen) atoms. The Balaban J connectivity index is 2.26. The van der Waals surface area contributed by atoms with Crippen molar-refractivity contribution in [3.05, 3.63) is 22.5 Å². The molecule has 1 fully saturated rings. The molecule has 0 spiro atoms. The fourth-order valence-electron chi connectivity index (χ4n) is 2.48. The van der Waals surface area contributed by atoms with E-state index in [1.807, 2.05) is 6.07 Å². The van der Waals surface area contributed by atoms with Crippen molar-refractivity contribution in [2.75, 3.05) is 7.11 Å². The number of fused-ring (bicyclic) bond motifs is 1. The van der Waals surface area contributed by atoms with Gasteiger partial charge in [0.15, 0.2) is 4.80 Å². The fraction of sp³-hybridized carbons (Fsp3) is 0.500. The minimum absolute atomic E-state index is 0.0306. The molecular formula is C16H20N2O2S. The number of hydrogen-bond acceptors (Lipinski definition) is 3. The third-order valence-corrected chi connectivity index (χ3v) is 5.00. The molecule has 1 amide bonds. The SMILES string of the molecule is CCCn1c(=NC(=O)C2CC2)sc2c(C)ccc(OC)c21. The molecule has 0 atom stereocenters. The van der Waals surface area contributed by atoms with Gasteiger partial charge < -0.3 is 9.30 Å². The number of nitrogens with zero attached hydrogens (tertiary/aromatic N) is 2. The molecule has 5 heteroatoms. The fourth-order valence-corrected chi connectivity index (χ4v) is 3.62. The molecule has 0 unspecified atom stereocenters. The summed E-state index contributed by atoms with van der Waals surface area (Å²) in [5.41, 5.74) is 2.26. The van der Waals surface area contributed by atoms with Gasteiger partial charge in [-0.15, -0.1) is 0 Å². The van der Waals surface area contributed by atoms with Gasteiger partial charge in [-0.3, -0.25) is 4.79 Å². The molecule has 1 saturated carbocycles. The lowest BCUT2D eigenvalue weighted by Gasteiger charge is -2.08. The summed E-state index contributed by atoms with van der Waals surface area (Å²) in [5.74, 6) is 1.04. The number of aryl methyl sites for hydroxylation is 2. The first-order valence-electron chi connectivity index (χ1n) is 7.41. The van der Waals surface area contributed by atoms with Crippen LogP contribution in [0.1, 0.15) is 31.7 Å². The molecular weight excluding hydrogens is 284 g/mol. The van der Waals surface area contributed by atoms with E-state index in [2.05, 4.69) is 29.5 Å². The van der Waals surface area contributed by atoms with Gasteiger partial charge in [-0.2, -0.15) is 4.99 Å². The van der Waals surface area contributed by atoms with Crippen LogP contribution in [0.2, 0.25) is 0 Å². The van der Waals surface area contributed by atoms with Gasteiger partial charge >= 0.3 is 0 Å². The lowest BCUT2D eigenvalue weighted by atomic mass is 10.2. The second kappa shape index (κ2) is 5.64. The van der Waals surface area contributed by atoms with Gasteiger partial charge in [0.25, 0.3) is 5.91 Å². The molecule has 2 aromatic rings. The molecule has 1 aliphatic carbocycles. The Kier molecular flexibility index (Phi) is 3.85. The molecule has 1 aromatic carbocycles. The lowest BCUT2D eigenvalue weighted by molar-refractivity contribution is -0.119. The Morgan fingerprint density at radius 1 is 1.48 bits per heavy atom. The van der Waals surface area contributed by atoms with Crippen LogP contribution in [0, 0.1) is 12.8 Å². The Morgan fingerprint density at radius 3 is 2.86 bits per heavy atom. The van der Waals surface area contributed by atoms with Crippen molar-refractivity contribution in [3.63, 3.8) is 0 Å². The van der Waals surface area contributed by atoms with Crippen molar-refractivity contribution < 1.29 is 9.53 Å². The first-order valence-corrected chi connectivity index (χ1v) is 8.22. The smallest absolute Gasteiger partial charge is 0.251 e. The van der Waals surface area contributed by atoms with Gasteiger partial charge in [-0.1, -0.05) is 24.3 Å². The van der Waals surface area contributed by atoms with Crippen molar-refractivity contribution >= 4 is 27.5 Å². The van der Waals surface area contributed by atoms with E-state index < -0.39 is 0 Å². The second-order valence-corrected chi connectivity index (χ2v) is 6.50. The van der Waals surface area contributed by atoms with Crippen LogP contribution in [-0.4, -0.2) is 17.6 Å². The topological polar surface area (TPSA) is 43.6 Å². The van der Waals surface area contributed by atoms with Crippen molar-refractivity contribution in [1.29, 1.82) is 0 Å². The highest BCUT2D eigenvalue weighted by Crippen LogP contribution is 2.32. The third kappa shape index (κ3) is 2.62. The Hall–Kier alpha value is -1.62. The lowest BCUT2D eigenvalue weighted by Crippen LogP contribution is -2.17. The van der Waals surface area contributed by atoms with Gasteiger partial charge in [-0.05, 0) is 37.8 Å². The Morgan fingerprint density at radius 2 is 2.24 bits per heavy atom. The summed E-state index contributed by atoms with van der Waals surface area (Å²) < 4.78 is 8.80. The summed E-state index contributed by atoms with van der Waals surface area (Å²) in [6.07, 6.45) is 2.97. The summed E-state index contributed by atoms with van der Waals surface area (Å²) in [4.78, 5) is 17.2. The Bertz CT molecular complexity index is 753. The van der Waals surface area contributed by atoms with E-state index in [0.717, 1.165) is 46.6 Å². The van der Waals surface area contributed by atoms with E-state index in [1.54, 1.807) is 18.4 Å². The van der Waals surface area contributed by atoms with Crippen LogP contribution in [0.25, 0.3) is 10.2 Å². The number of amides is 1. The van der Waals surface area contributed by atoms with Crippen LogP contribution in [0.4, 0.5) is 0 Å². The number of methoxy groups -OCH3 is 1.